The largest absolute Gasteiger partial charge is 0.756 e. The number of hydrogen-bond donors (Lipinski definition) is 9. The molecule has 1 aliphatic carbocycles. The summed E-state index contributed by atoms with van der Waals surface area (Å²) in [5.74, 6) is -2.13. The Morgan fingerprint density at radius 2 is 1.36 bits per heavy atom. The van der Waals surface area contributed by atoms with Gasteiger partial charge in [-0.05, 0) is 160 Å². The van der Waals surface area contributed by atoms with Crippen molar-refractivity contribution in [2.75, 3.05) is 77.1 Å². The molecule has 15 rings (SSSR count). The molecule has 7 unspecified atom stereocenters. The van der Waals surface area contributed by atoms with Gasteiger partial charge in [-0.3, -0.25) is 47.1 Å². The first kappa shape index (κ1) is 80.9. The van der Waals surface area contributed by atoms with Crippen LogP contribution in [0.3, 0.4) is 0 Å². The Balaban J connectivity index is 0.470. The summed E-state index contributed by atoms with van der Waals surface area (Å²) in [4.78, 5) is 132. The molecule has 31 nitrogen and oxygen atoms in total. The Morgan fingerprint density at radius 1 is 0.690 bits per heavy atom. The number of H-pyrrole nitrogens is 1. The number of ether oxygens (including phenoxy) is 3. The second kappa shape index (κ2) is 34.9. The third-order valence-electron chi connectivity index (χ3n) is 22.4. The van der Waals surface area contributed by atoms with E-state index in [-0.39, 0.29) is 102 Å². The zero-order valence-corrected chi connectivity index (χ0v) is 65.2. The van der Waals surface area contributed by atoms with Crippen LogP contribution in [0.15, 0.2) is 116 Å². The molecule has 6 aromatic rings. The van der Waals surface area contributed by atoms with Crippen molar-refractivity contribution in [2.45, 2.75) is 146 Å². The summed E-state index contributed by atoms with van der Waals surface area (Å²) in [7, 11) is -9.89. The van der Waals surface area contributed by atoms with Gasteiger partial charge in [-0.15, -0.1) is 0 Å². The van der Waals surface area contributed by atoms with E-state index in [2.05, 4.69) is 42.5 Å². The minimum Gasteiger partial charge on any atom is -0.756 e. The van der Waals surface area contributed by atoms with E-state index in [4.69, 9.17) is 36.7 Å². The fraction of sp³-hybridized carbons (Fsp3) is 0.410. The predicted molar refractivity (Wildman–Crippen MR) is 421 cm³/mol. The summed E-state index contributed by atoms with van der Waals surface area (Å²) >= 11 is 0. The van der Waals surface area contributed by atoms with Gasteiger partial charge in [0.2, 0.25) is 11.3 Å². The molecular weight excluding hydrogens is 1540 g/mol. The van der Waals surface area contributed by atoms with Gasteiger partial charge in [-0.25, -0.2) is 23.5 Å². The molecule has 0 saturated carbocycles. The van der Waals surface area contributed by atoms with Crippen molar-refractivity contribution in [1.29, 1.82) is 0 Å². The molecule has 0 radical (unpaired) electrons. The predicted octanol–water partition coefficient (Wildman–Crippen LogP) is 7.50. The van der Waals surface area contributed by atoms with Crippen LogP contribution in [0, 0.1) is 0 Å². The molecule has 33 heteroatoms. The smallest absolute Gasteiger partial charge is 0.472 e. The first-order valence-corrected chi connectivity index (χ1v) is 42.4. The fourth-order valence-electron chi connectivity index (χ4n) is 16.9. The van der Waals surface area contributed by atoms with E-state index < -0.39 is 94.5 Å². The van der Waals surface area contributed by atoms with Crippen LogP contribution in [-0.2, 0) is 67.2 Å². The van der Waals surface area contributed by atoms with Crippen molar-refractivity contribution in [1.82, 2.24) is 30.1 Å². The monoisotopic (exact) mass is 1630 g/mol. The number of carbonyl (C=O) groups is 5. The SMILES string of the molecule is O=C(/C=C/c1cn(C2CC(O)C(COP(=O)(O)OC3CCOC3COP(=O)([O-])OCCCCCCNC(=O)c3ccc(C(=O)O)c(C4=c5cc6c7c(c5Oc5c4cc4c8c5CCCN8CCC4)CCC[N+]=7CCC6)c3)O2)c(=O)[nH]c1=O)NCCCCCCNC(=O)c1ccc(C(=O)O)c(-c2c3ccc(=O)cc-3oc3cc(O)ccc23)c1. The average Bonchev–Trinajstić information content (AvgIpc) is 0.983. The maximum absolute atomic E-state index is 14.0. The van der Waals surface area contributed by atoms with Crippen LogP contribution in [0.4, 0.5) is 5.69 Å². The number of phosphoric ester groups is 2. The maximum Gasteiger partial charge on any atom is 0.472 e. The third kappa shape index (κ3) is 17.7. The van der Waals surface area contributed by atoms with Crippen LogP contribution >= 0.6 is 15.6 Å². The Morgan fingerprint density at radius 3 is 2.10 bits per heavy atom. The number of carboxylic acid groups (broad SMARTS) is 2. The van der Waals surface area contributed by atoms with E-state index in [1.54, 1.807) is 18.2 Å². The van der Waals surface area contributed by atoms with Crippen molar-refractivity contribution in [3.63, 3.8) is 0 Å². The van der Waals surface area contributed by atoms with Crippen molar-refractivity contribution >= 4 is 73.6 Å². The summed E-state index contributed by atoms with van der Waals surface area (Å²) in [6.07, 6.45) is 8.96. The van der Waals surface area contributed by atoms with Gasteiger partial charge in [0.15, 0.2) is 5.43 Å². The molecule has 0 bridgehead atoms. The highest BCUT2D eigenvalue weighted by molar-refractivity contribution is 7.47. The number of aromatic amines is 1. The number of aromatic nitrogens is 2. The Hall–Kier alpha value is -10.3. The van der Waals surface area contributed by atoms with Crippen LogP contribution in [0.2, 0.25) is 0 Å². The fourth-order valence-corrected chi connectivity index (χ4v) is 18.6. The van der Waals surface area contributed by atoms with E-state index in [1.807, 2.05) is 0 Å². The number of nitrogens with one attached hydrogen (secondary N) is 4. The molecule has 9 heterocycles. The maximum atomic E-state index is 14.0. The van der Waals surface area contributed by atoms with Crippen LogP contribution in [0.1, 0.15) is 176 Å². The third-order valence-corrected chi connectivity index (χ3v) is 24.3. The first-order valence-electron chi connectivity index (χ1n) is 39.4. The van der Waals surface area contributed by atoms with Crippen molar-refractivity contribution in [2.24, 2.45) is 0 Å². The summed E-state index contributed by atoms with van der Waals surface area (Å²) in [5.41, 5.74) is 7.56. The molecule has 3 amide bonds. The Kier molecular flexibility index (Phi) is 24.3. The number of aromatic carboxylic acids is 2. The van der Waals surface area contributed by atoms with Crippen molar-refractivity contribution < 1.29 is 100 Å². The number of aliphatic hydroxyl groups excluding tert-OH is 1. The van der Waals surface area contributed by atoms with E-state index >= 15 is 0 Å². The lowest BCUT2D eigenvalue weighted by atomic mass is 9.81. The van der Waals surface area contributed by atoms with Crippen molar-refractivity contribution in [3.05, 3.63) is 200 Å². The van der Waals surface area contributed by atoms with E-state index in [0.29, 0.717) is 79.0 Å². The van der Waals surface area contributed by atoms with Crippen LogP contribution in [0.25, 0.3) is 45.1 Å². The van der Waals surface area contributed by atoms with Gasteiger partial charge in [0.1, 0.15) is 66.2 Å². The molecule has 610 valence electrons. The molecule has 1 aromatic heterocycles. The van der Waals surface area contributed by atoms with Gasteiger partial charge in [-0.1, -0.05) is 25.7 Å². The van der Waals surface area contributed by atoms with Crippen molar-refractivity contribution in [3.8, 4) is 39.7 Å². The number of nitrogens with zero attached hydrogens (tertiary/aromatic N) is 3. The van der Waals surface area contributed by atoms with E-state index in [1.165, 1.54) is 82.8 Å². The summed E-state index contributed by atoms with van der Waals surface area (Å²) in [5, 5.41) is 53.2. The highest BCUT2D eigenvalue weighted by Crippen LogP contribution is 2.51. The summed E-state index contributed by atoms with van der Waals surface area (Å²) < 4.78 is 75.0. The number of aryl methyl sites for hydroxylation is 2. The number of benzene rings is 6. The number of unbranched alkanes of at least 4 members (excludes halogenated alkanes) is 6. The highest BCUT2D eigenvalue weighted by atomic mass is 31.2. The molecule has 9 aliphatic rings. The lowest BCUT2D eigenvalue weighted by molar-refractivity contribution is -0.228. The highest BCUT2D eigenvalue weighted by Gasteiger charge is 2.42. The quantitative estimate of drug-likeness (QED) is 0.00647. The molecule has 0 spiro atoms. The normalized spacial score (nSPS) is 19.7. The number of carboxylic acids is 2. The van der Waals surface area contributed by atoms with Gasteiger partial charge in [0.25, 0.3) is 25.2 Å². The number of fused-ring (bicyclic) bond motifs is 6. The standard InChI is InChI=1S/C83H89N7O24P2/c91-52-20-24-56-66(41-52)111-67-42-53(92)21-25-57(67)72(56)60-39-49(17-22-54(60)81(98)99)78(95)85-29-6-2-1-5-28-84-70(94)26-19-51-44-90(83(102)87-80(51)97)71-43-64(93)68(112-71)45-110-116(105,106)114-65-27-36-107-69(65)46-109-115(103,104)108-35-8-4-3-7-30-86-79(96)50-18-23-55(82(100)101)61(40-50)73-62-37-47-13-9-31-88-33-11-15-58(74(47)88)76(62)113-77-59-16-12-34-89-32-10-14-48(75(59)89)38-63(73)77/h17-26,37-42,44,64-65,68-69,71,93H,1-16,27-36,43,45-46H2,(H8-,84,85,86,87,91,92,94,95,96,97,98,99,100,101,102,103,104,105,106)/b26-19+. The number of phenolic OH excluding ortho intramolecular Hbond substituents is 1. The number of aliphatic hydroxyl groups is 1. The van der Waals surface area contributed by atoms with E-state index in [0.717, 1.165) is 133 Å². The number of phenols is 1. The molecule has 7 atom stereocenters. The number of hydrogen-bond acceptors (Lipinski definition) is 22. The lowest BCUT2D eigenvalue weighted by Gasteiger charge is -2.39. The first-order chi connectivity index (χ1) is 55.9. The molecule has 116 heavy (non-hydrogen) atoms. The number of phosphoric acid groups is 2. The molecule has 8 aliphatic heterocycles. The number of carbonyl (C=O) groups excluding carboxylic acids is 3. The van der Waals surface area contributed by atoms with Gasteiger partial charge < -0.3 is 78.7 Å². The topological polar surface area (TPSA) is 436 Å². The Bertz CT molecular complexity index is 5650. The molecule has 2 saturated heterocycles. The van der Waals surface area contributed by atoms with Crippen LogP contribution in [-0.4, -0.2) is 161 Å². The molecule has 2 fully saturated rings. The van der Waals surface area contributed by atoms with Gasteiger partial charge in [0, 0.05) is 150 Å². The average molecular weight is 1630 g/mol. The number of aromatic hydroxyl groups is 1. The number of anilines is 1. The number of amides is 3. The molecule has 9 N–H and O–H groups in total. The minimum absolute atomic E-state index is 0.00822. The second-order valence-electron chi connectivity index (χ2n) is 30.1. The van der Waals surface area contributed by atoms with Crippen LogP contribution < -0.4 is 62.3 Å². The van der Waals surface area contributed by atoms with Gasteiger partial charge in [-0.2, -0.15) is 0 Å². The zero-order valence-electron chi connectivity index (χ0n) is 63.4. The van der Waals surface area contributed by atoms with Gasteiger partial charge in [0.05, 0.1) is 48.2 Å². The zero-order chi connectivity index (χ0) is 81.1. The summed E-state index contributed by atoms with van der Waals surface area (Å²) in [6, 6.07) is 21.8. The molecule has 5 aromatic carbocycles. The Labute approximate surface area is 663 Å². The van der Waals surface area contributed by atoms with Gasteiger partial charge >= 0.3 is 25.5 Å². The van der Waals surface area contributed by atoms with E-state index in [9.17, 15) is 77.7 Å². The second-order valence-corrected chi connectivity index (χ2v) is 32.9. The minimum atomic E-state index is -4.97. The summed E-state index contributed by atoms with van der Waals surface area (Å²) in [6.45, 7) is 3.18. The molecular formula is C83H89N7O24P2. The van der Waals surface area contributed by atoms with Crippen LogP contribution in [0.5, 0.6) is 17.2 Å². The lowest BCUT2D eigenvalue weighted by Crippen LogP contribution is -2.45. The number of rotatable bonds is 32.